The van der Waals surface area contributed by atoms with Crippen molar-refractivity contribution >= 4 is 22.8 Å². The molecule has 0 aliphatic heterocycles. The zero-order valence-corrected chi connectivity index (χ0v) is 17.8. The fourth-order valence-corrected chi connectivity index (χ4v) is 3.68. The zero-order chi connectivity index (χ0) is 21.7. The van der Waals surface area contributed by atoms with E-state index in [1.54, 1.807) is 20.3 Å². The lowest BCUT2D eigenvalue weighted by atomic mass is 10.1. The molecular formula is C23H27N3O4. The number of carboxylic acid groups (broad SMARTS) is 1. The number of carboxylic acids is 1. The van der Waals surface area contributed by atoms with Crippen LogP contribution in [0.4, 0.5) is 5.82 Å². The SMILES string of the molecule is CC.COc1ccc(CNc2nc3ncc(C(=O)O)cc3c3c2CCC3)c(OC)c1. The first kappa shape index (κ1) is 21.4. The predicted octanol–water partition coefficient (Wildman–Crippen LogP) is 4.47. The second-order valence-corrected chi connectivity index (χ2v) is 6.70. The molecule has 1 aliphatic carbocycles. The number of hydrogen-bond donors (Lipinski definition) is 2. The van der Waals surface area contributed by atoms with Crippen molar-refractivity contribution in [3.05, 3.63) is 52.7 Å². The third-order valence-electron chi connectivity index (χ3n) is 5.10. The highest BCUT2D eigenvalue weighted by Crippen LogP contribution is 2.34. The van der Waals surface area contributed by atoms with E-state index in [9.17, 15) is 9.90 Å². The summed E-state index contributed by atoms with van der Waals surface area (Å²) in [6.45, 7) is 4.55. The van der Waals surface area contributed by atoms with Gasteiger partial charge in [-0.1, -0.05) is 13.8 Å². The van der Waals surface area contributed by atoms with E-state index in [2.05, 4.69) is 15.3 Å². The van der Waals surface area contributed by atoms with Gasteiger partial charge >= 0.3 is 5.97 Å². The summed E-state index contributed by atoms with van der Waals surface area (Å²) in [6, 6.07) is 7.39. The number of aromatic nitrogens is 2. The molecule has 7 nitrogen and oxygen atoms in total. The van der Waals surface area contributed by atoms with Crippen molar-refractivity contribution in [1.29, 1.82) is 0 Å². The molecule has 30 heavy (non-hydrogen) atoms. The van der Waals surface area contributed by atoms with Crippen LogP contribution >= 0.6 is 0 Å². The maximum absolute atomic E-state index is 11.3. The van der Waals surface area contributed by atoms with Crippen molar-refractivity contribution in [2.45, 2.75) is 39.7 Å². The van der Waals surface area contributed by atoms with Crippen molar-refractivity contribution < 1.29 is 19.4 Å². The van der Waals surface area contributed by atoms with Gasteiger partial charge in [-0.3, -0.25) is 0 Å². The molecule has 0 radical (unpaired) electrons. The molecule has 0 amide bonds. The lowest BCUT2D eigenvalue weighted by Gasteiger charge is -2.15. The van der Waals surface area contributed by atoms with E-state index < -0.39 is 5.97 Å². The smallest absolute Gasteiger partial charge is 0.337 e. The van der Waals surface area contributed by atoms with Crippen LogP contribution in [0.5, 0.6) is 11.5 Å². The number of ether oxygens (including phenoxy) is 2. The van der Waals surface area contributed by atoms with E-state index >= 15 is 0 Å². The number of pyridine rings is 2. The lowest BCUT2D eigenvalue weighted by Crippen LogP contribution is -2.08. The van der Waals surface area contributed by atoms with Gasteiger partial charge in [0.25, 0.3) is 0 Å². The minimum Gasteiger partial charge on any atom is -0.497 e. The molecule has 7 heteroatoms. The summed E-state index contributed by atoms with van der Waals surface area (Å²) in [4.78, 5) is 20.2. The molecular weight excluding hydrogens is 382 g/mol. The highest BCUT2D eigenvalue weighted by atomic mass is 16.5. The van der Waals surface area contributed by atoms with Crippen molar-refractivity contribution in [3.8, 4) is 11.5 Å². The standard InChI is InChI=1S/C21H21N3O4.C2H6/c1-27-14-7-6-12(18(9-14)28-2)10-22-19-16-5-3-4-15(16)17-8-13(21(25)26)11-23-20(17)24-19;1-2/h6-9,11H,3-5,10H2,1-2H3,(H,25,26)(H,22,23,24);1-2H3. The quantitative estimate of drug-likeness (QED) is 0.620. The number of nitrogens with zero attached hydrogens (tertiary/aromatic N) is 2. The Kier molecular flexibility index (Phi) is 6.72. The van der Waals surface area contributed by atoms with Gasteiger partial charge in [-0.25, -0.2) is 14.8 Å². The molecule has 0 saturated carbocycles. The first-order valence-electron chi connectivity index (χ1n) is 10.1. The zero-order valence-electron chi connectivity index (χ0n) is 17.8. The average Bonchev–Trinajstić information content (AvgIpc) is 3.29. The maximum Gasteiger partial charge on any atom is 0.337 e. The molecule has 0 unspecified atom stereocenters. The molecule has 0 fully saturated rings. The number of methoxy groups -OCH3 is 2. The lowest BCUT2D eigenvalue weighted by molar-refractivity contribution is 0.0696. The van der Waals surface area contributed by atoms with Crippen molar-refractivity contribution in [1.82, 2.24) is 9.97 Å². The second-order valence-electron chi connectivity index (χ2n) is 6.70. The first-order valence-corrected chi connectivity index (χ1v) is 10.1. The first-order chi connectivity index (χ1) is 14.6. The Morgan fingerprint density at radius 3 is 2.60 bits per heavy atom. The van der Waals surface area contributed by atoms with Crippen LogP contribution in [0, 0.1) is 0 Å². The van der Waals surface area contributed by atoms with Gasteiger partial charge in [-0.15, -0.1) is 0 Å². The van der Waals surface area contributed by atoms with E-state index in [4.69, 9.17) is 9.47 Å². The summed E-state index contributed by atoms with van der Waals surface area (Å²) in [6.07, 6.45) is 4.19. The van der Waals surface area contributed by atoms with Gasteiger partial charge in [0.05, 0.1) is 19.8 Å². The Morgan fingerprint density at radius 2 is 1.90 bits per heavy atom. The second kappa shape index (κ2) is 9.43. The van der Waals surface area contributed by atoms with Crippen LogP contribution < -0.4 is 14.8 Å². The third-order valence-corrected chi connectivity index (χ3v) is 5.10. The normalized spacial score (nSPS) is 12.0. The van der Waals surface area contributed by atoms with Crippen molar-refractivity contribution in [2.75, 3.05) is 19.5 Å². The maximum atomic E-state index is 11.3. The topological polar surface area (TPSA) is 93.6 Å². The van der Waals surface area contributed by atoms with Gasteiger partial charge in [0, 0.05) is 29.8 Å². The van der Waals surface area contributed by atoms with Crippen LogP contribution in [0.2, 0.25) is 0 Å². The van der Waals surface area contributed by atoms with Crippen molar-refractivity contribution in [3.63, 3.8) is 0 Å². The van der Waals surface area contributed by atoms with Crippen LogP contribution in [-0.4, -0.2) is 35.3 Å². The van der Waals surface area contributed by atoms with Gasteiger partial charge in [-0.05, 0) is 48.6 Å². The monoisotopic (exact) mass is 409 g/mol. The summed E-state index contributed by atoms with van der Waals surface area (Å²) in [5.74, 6) is 1.31. The fourth-order valence-electron chi connectivity index (χ4n) is 3.68. The molecule has 158 valence electrons. The van der Waals surface area contributed by atoms with Gasteiger partial charge in [-0.2, -0.15) is 0 Å². The summed E-state index contributed by atoms with van der Waals surface area (Å²) < 4.78 is 10.7. The molecule has 3 aromatic rings. The molecule has 4 rings (SSSR count). The number of nitrogens with one attached hydrogen (secondary N) is 1. The van der Waals surface area contributed by atoms with Gasteiger partial charge in [0.1, 0.15) is 17.3 Å². The Morgan fingerprint density at radius 1 is 1.13 bits per heavy atom. The summed E-state index contributed by atoms with van der Waals surface area (Å²) >= 11 is 0. The number of rotatable bonds is 6. The summed E-state index contributed by atoms with van der Waals surface area (Å²) in [7, 11) is 3.26. The molecule has 2 N–H and O–H groups in total. The number of aromatic carboxylic acids is 1. The number of aryl methyl sites for hydroxylation is 1. The summed E-state index contributed by atoms with van der Waals surface area (Å²) in [5, 5.41) is 13.5. The molecule has 1 aromatic carbocycles. The van der Waals surface area contributed by atoms with E-state index in [0.29, 0.717) is 12.2 Å². The fraction of sp³-hybridized carbons (Fsp3) is 0.348. The Labute approximate surface area is 176 Å². The molecule has 0 atom stereocenters. The highest BCUT2D eigenvalue weighted by molar-refractivity contribution is 5.93. The molecule has 0 spiro atoms. The number of hydrogen-bond acceptors (Lipinski definition) is 6. The molecule has 1 aliphatic rings. The van der Waals surface area contributed by atoms with Crippen LogP contribution in [0.1, 0.15) is 47.3 Å². The van der Waals surface area contributed by atoms with Crippen LogP contribution in [-0.2, 0) is 19.4 Å². The highest BCUT2D eigenvalue weighted by Gasteiger charge is 2.21. The average molecular weight is 409 g/mol. The van der Waals surface area contributed by atoms with Gasteiger partial charge < -0.3 is 19.9 Å². The Balaban J connectivity index is 0.00000124. The number of carbonyl (C=O) groups is 1. The van der Waals surface area contributed by atoms with E-state index in [0.717, 1.165) is 58.7 Å². The summed E-state index contributed by atoms with van der Waals surface area (Å²) in [5.41, 5.74) is 4.03. The van der Waals surface area contributed by atoms with E-state index in [1.165, 1.54) is 6.20 Å². The number of benzene rings is 1. The van der Waals surface area contributed by atoms with Crippen LogP contribution in [0.25, 0.3) is 11.0 Å². The minimum atomic E-state index is -0.977. The largest absolute Gasteiger partial charge is 0.497 e. The molecule has 0 bridgehead atoms. The van der Waals surface area contributed by atoms with Crippen LogP contribution in [0.3, 0.4) is 0 Å². The minimum absolute atomic E-state index is 0.187. The third kappa shape index (κ3) is 4.15. The van der Waals surface area contributed by atoms with E-state index in [-0.39, 0.29) is 5.56 Å². The van der Waals surface area contributed by atoms with Gasteiger partial charge in [0.2, 0.25) is 0 Å². The molecule has 2 aromatic heterocycles. The van der Waals surface area contributed by atoms with Gasteiger partial charge in [0.15, 0.2) is 5.65 Å². The molecule has 2 heterocycles. The number of fused-ring (bicyclic) bond motifs is 3. The van der Waals surface area contributed by atoms with Crippen molar-refractivity contribution in [2.24, 2.45) is 0 Å². The molecule has 0 saturated heterocycles. The predicted molar refractivity (Wildman–Crippen MR) is 117 cm³/mol. The number of anilines is 1. The van der Waals surface area contributed by atoms with Crippen LogP contribution in [0.15, 0.2) is 30.5 Å². The van der Waals surface area contributed by atoms with E-state index in [1.807, 2.05) is 32.0 Å². The Bertz CT molecular complexity index is 1070. The Hall–Kier alpha value is -3.35.